The van der Waals surface area contributed by atoms with Crippen LogP contribution in [0.4, 0.5) is 5.69 Å². The molecule has 3 heterocycles. The Kier molecular flexibility index (Phi) is 3.27. The van der Waals surface area contributed by atoms with Crippen LogP contribution >= 0.6 is 0 Å². The summed E-state index contributed by atoms with van der Waals surface area (Å²) in [4.78, 5) is 10.6. The summed E-state index contributed by atoms with van der Waals surface area (Å²) in [6, 6.07) is 15.3. The number of hydrogen-bond donors (Lipinski definition) is 1. The van der Waals surface area contributed by atoms with Gasteiger partial charge in [-0.2, -0.15) is 0 Å². The number of nitrogens with zero attached hydrogens (tertiary/aromatic N) is 2. The molecule has 24 heavy (non-hydrogen) atoms. The highest BCUT2D eigenvalue weighted by Gasteiger charge is 2.27. The average molecular weight is 315 g/mol. The topological polar surface area (TPSA) is 31.4 Å². The Morgan fingerprint density at radius 2 is 2.08 bits per heavy atom. The van der Waals surface area contributed by atoms with Crippen LogP contribution in [0, 0.1) is 0 Å². The number of likely N-dealkylation sites (tertiary alicyclic amines) is 1. The lowest BCUT2D eigenvalue weighted by atomic mass is 9.94. The molecule has 2 aliphatic heterocycles. The van der Waals surface area contributed by atoms with Gasteiger partial charge in [0.2, 0.25) is 0 Å². The Balaban J connectivity index is 1.36. The van der Waals surface area contributed by atoms with Gasteiger partial charge in [0.15, 0.2) is 0 Å². The maximum Gasteiger partial charge on any atom is 0.0696 e. The molecule has 3 heteroatoms. The van der Waals surface area contributed by atoms with Crippen LogP contribution < -0.4 is 0 Å². The Labute approximate surface area is 142 Å². The Morgan fingerprint density at radius 1 is 1.12 bits per heavy atom. The molecule has 1 fully saturated rings. The number of benzene rings is 2. The predicted molar refractivity (Wildman–Crippen MR) is 99.2 cm³/mol. The highest BCUT2D eigenvalue weighted by Crippen LogP contribution is 2.38. The summed E-state index contributed by atoms with van der Waals surface area (Å²) in [6.45, 7) is 3.32. The van der Waals surface area contributed by atoms with Crippen molar-refractivity contribution in [1.29, 1.82) is 0 Å². The van der Waals surface area contributed by atoms with Crippen LogP contribution in [0.15, 0.2) is 53.7 Å². The van der Waals surface area contributed by atoms with E-state index in [0.717, 1.165) is 26.1 Å². The van der Waals surface area contributed by atoms with E-state index in [-0.39, 0.29) is 0 Å². The first kappa shape index (κ1) is 14.0. The van der Waals surface area contributed by atoms with Crippen LogP contribution in [0.25, 0.3) is 10.9 Å². The number of para-hydroxylation sites is 2. The first-order chi connectivity index (χ1) is 11.9. The molecule has 3 nitrogen and oxygen atoms in total. The van der Waals surface area contributed by atoms with E-state index in [0.29, 0.717) is 5.92 Å². The summed E-state index contributed by atoms with van der Waals surface area (Å²) in [5.41, 5.74) is 6.72. The summed E-state index contributed by atoms with van der Waals surface area (Å²) in [6.07, 6.45) is 6.44. The van der Waals surface area contributed by atoms with Crippen molar-refractivity contribution in [2.24, 2.45) is 4.99 Å². The quantitative estimate of drug-likeness (QED) is 0.762. The largest absolute Gasteiger partial charge is 0.361 e. The van der Waals surface area contributed by atoms with Crippen molar-refractivity contribution in [3.63, 3.8) is 0 Å². The molecular weight excluding hydrogens is 294 g/mol. The second-order valence-corrected chi connectivity index (χ2v) is 6.95. The maximum absolute atomic E-state index is 4.64. The SMILES string of the molecule is C1=Nc2c(cccc2C2CCN(Cc3c[nH]c4ccccc34)C2)C1. The normalized spacial score (nSPS) is 20.1. The van der Waals surface area contributed by atoms with Crippen LogP contribution in [0.3, 0.4) is 0 Å². The molecule has 2 aliphatic rings. The van der Waals surface area contributed by atoms with Crippen LogP contribution in [0.2, 0.25) is 0 Å². The molecular formula is C21H21N3. The van der Waals surface area contributed by atoms with Crippen LogP contribution in [0.5, 0.6) is 0 Å². The molecule has 0 spiro atoms. The van der Waals surface area contributed by atoms with Crippen molar-refractivity contribution in [3.05, 3.63) is 65.4 Å². The van der Waals surface area contributed by atoms with Crippen LogP contribution in [0.1, 0.15) is 29.0 Å². The van der Waals surface area contributed by atoms with Gasteiger partial charge in [-0.25, -0.2) is 0 Å². The zero-order valence-corrected chi connectivity index (χ0v) is 13.7. The Bertz CT molecular complexity index is 922. The number of fused-ring (bicyclic) bond motifs is 2. The number of aliphatic imine (C=N–C) groups is 1. The summed E-state index contributed by atoms with van der Waals surface area (Å²) < 4.78 is 0. The van der Waals surface area contributed by atoms with E-state index in [4.69, 9.17) is 0 Å². The van der Waals surface area contributed by atoms with Crippen molar-refractivity contribution in [1.82, 2.24) is 9.88 Å². The van der Waals surface area contributed by atoms with Gasteiger partial charge in [0.05, 0.1) is 5.69 Å². The number of H-pyrrole nitrogens is 1. The third kappa shape index (κ3) is 2.28. The van der Waals surface area contributed by atoms with Gasteiger partial charge in [-0.15, -0.1) is 0 Å². The zero-order valence-electron chi connectivity index (χ0n) is 13.7. The van der Waals surface area contributed by atoms with Crippen molar-refractivity contribution < 1.29 is 0 Å². The summed E-state index contributed by atoms with van der Waals surface area (Å²) in [5, 5.41) is 1.35. The van der Waals surface area contributed by atoms with Crippen molar-refractivity contribution in [2.45, 2.75) is 25.3 Å². The monoisotopic (exact) mass is 315 g/mol. The van der Waals surface area contributed by atoms with Gasteiger partial charge in [0, 0.05) is 42.8 Å². The molecule has 2 aromatic carbocycles. The number of nitrogens with one attached hydrogen (secondary N) is 1. The van der Waals surface area contributed by atoms with E-state index < -0.39 is 0 Å². The van der Waals surface area contributed by atoms with Gasteiger partial charge in [-0.05, 0) is 41.6 Å². The third-order valence-corrected chi connectivity index (χ3v) is 5.46. The van der Waals surface area contributed by atoms with E-state index in [1.54, 1.807) is 0 Å². The molecule has 1 aromatic heterocycles. The molecule has 1 unspecified atom stereocenters. The lowest BCUT2D eigenvalue weighted by molar-refractivity contribution is 0.328. The minimum atomic E-state index is 0.611. The number of hydrogen-bond acceptors (Lipinski definition) is 2. The second kappa shape index (κ2) is 5.60. The second-order valence-electron chi connectivity index (χ2n) is 6.95. The molecule has 120 valence electrons. The standard InChI is InChI=1S/C21H21N3/c1-2-7-20-18(5-1)17(12-23-20)14-24-11-9-16(13-24)19-6-3-4-15-8-10-22-21(15)19/h1-7,10,12,16,23H,8-9,11,13-14H2. The molecule has 0 bridgehead atoms. The Morgan fingerprint density at radius 3 is 3.08 bits per heavy atom. The molecule has 3 aromatic rings. The van der Waals surface area contributed by atoms with Crippen molar-refractivity contribution in [2.75, 3.05) is 13.1 Å². The minimum Gasteiger partial charge on any atom is -0.361 e. The number of rotatable bonds is 3. The minimum absolute atomic E-state index is 0.611. The zero-order chi connectivity index (χ0) is 15.9. The summed E-state index contributed by atoms with van der Waals surface area (Å²) in [5.74, 6) is 0.611. The number of aromatic amines is 1. The van der Waals surface area contributed by atoms with E-state index in [1.165, 1.54) is 39.7 Å². The van der Waals surface area contributed by atoms with Crippen LogP contribution in [-0.4, -0.2) is 29.2 Å². The first-order valence-corrected chi connectivity index (χ1v) is 8.80. The maximum atomic E-state index is 4.64. The summed E-state index contributed by atoms with van der Waals surface area (Å²) in [7, 11) is 0. The van der Waals surface area contributed by atoms with Crippen molar-refractivity contribution >= 4 is 22.8 Å². The van der Waals surface area contributed by atoms with Gasteiger partial charge >= 0.3 is 0 Å². The van der Waals surface area contributed by atoms with Crippen LogP contribution in [-0.2, 0) is 13.0 Å². The summed E-state index contributed by atoms with van der Waals surface area (Å²) >= 11 is 0. The Hall–Kier alpha value is -2.39. The third-order valence-electron chi connectivity index (χ3n) is 5.46. The van der Waals surface area contributed by atoms with Gasteiger partial charge in [-0.3, -0.25) is 9.89 Å². The fourth-order valence-electron chi connectivity index (χ4n) is 4.23. The lowest BCUT2D eigenvalue weighted by Gasteiger charge is -2.17. The van der Waals surface area contributed by atoms with E-state index in [2.05, 4.69) is 63.5 Å². The molecule has 1 saturated heterocycles. The predicted octanol–water partition coefficient (Wildman–Crippen LogP) is 4.42. The van der Waals surface area contributed by atoms with Gasteiger partial charge in [0.1, 0.15) is 0 Å². The highest BCUT2D eigenvalue weighted by molar-refractivity contribution is 5.83. The van der Waals surface area contributed by atoms with E-state index in [1.807, 2.05) is 6.21 Å². The lowest BCUT2D eigenvalue weighted by Crippen LogP contribution is -2.19. The van der Waals surface area contributed by atoms with E-state index in [9.17, 15) is 0 Å². The fourth-order valence-corrected chi connectivity index (χ4v) is 4.23. The van der Waals surface area contributed by atoms with Gasteiger partial charge in [-0.1, -0.05) is 36.4 Å². The molecule has 0 radical (unpaired) electrons. The first-order valence-electron chi connectivity index (χ1n) is 8.80. The molecule has 0 saturated carbocycles. The van der Waals surface area contributed by atoms with Crippen molar-refractivity contribution in [3.8, 4) is 0 Å². The van der Waals surface area contributed by atoms with Gasteiger partial charge in [0.25, 0.3) is 0 Å². The fraction of sp³-hybridized carbons (Fsp3) is 0.286. The molecule has 0 aliphatic carbocycles. The van der Waals surface area contributed by atoms with Gasteiger partial charge < -0.3 is 4.98 Å². The molecule has 1 N–H and O–H groups in total. The van der Waals surface area contributed by atoms with E-state index >= 15 is 0 Å². The number of aromatic nitrogens is 1. The molecule has 1 atom stereocenters. The smallest absolute Gasteiger partial charge is 0.0696 e. The molecule has 5 rings (SSSR count). The average Bonchev–Trinajstić information content (AvgIpc) is 3.34. The highest BCUT2D eigenvalue weighted by atomic mass is 15.1. The molecule has 0 amide bonds.